The number of carbonyl (C=O) groups excluding carboxylic acids is 1. The van der Waals surface area contributed by atoms with E-state index in [4.69, 9.17) is 9.47 Å². The Bertz CT molecular complexity index is 1040. The summed E-state index contributed by atoms with van der Waals surface area (Å²) in [6, 6.07) is 12.3. The van der Waals surface area contributed by atoms with Gasteiger partial charge in [-0.3, -0.25) is 9.78 Å². The Hall–Kier alpha value is -3.59. The number of rotatable bonds is 9. The number of H-pyrrole nitrogens is 1. The normalized spacial score (nSPS) is 10.6. The molecule has 3 aromatic rings. The van der Waals surface area contributed by atoms with Gasteiger partial charge in [0.1, 0.15) is 18.1 Å². The molecule has 0 spiro atoms. The summed E-state index contributed by atoms with van der Waals surface area (Å²) >= 11 is 0. The molecule has 0 saturated carbocycles. The lowest BCUT2D eigenvalue weighted by atomic mass is 10.1. The minimum Gasteiger partial charge on any atom is -0.460 e. The molecule has 8 nitrogen and oxygen atoms in total. The Balaban J connectivity index is 1.59. The fraction of sp³-hybridized carbons (Fsp3) is 0.238. The van der Waals surface area contributed by atoms with E-state index in [9.17, 15) is 14.0 Å². The van der Waals surface area contributed by atoms with Crippen LogP contribution in [0.25, 0.3) is 0 Å². The summed E-state index contributed by atoms with van der Waals surface area (Å²) in [4.78, 5) is 26.8. The second kappa shape index (κ2) is 10.3. The van der Waals surface area contributed by atoms with Crippen LogP contribution in [-0.4, -0.2) is 41.0 Å². The summed E-state index contributed by atoms with van der Waals surface area (Å²) < 4.78 is 23.2. The molecule has 0 fully saturated rings. The number of esters is 1. The molecule has 2 aromatic carbocycles. The molecule has 0 aliphatic rings. The molecule has 9 heteroatoms. The smallest absolute Gasteiger partial charge is 0.338 e. The van der Waals surface area contributed by atoms with Crippen LogP contribution in [0.1, 0.15) is 28.5 Å². The van der Waals surface area contributed by atoms with Gasteiger partial charge in [-0.15, -0.1) is 10.2 Å². The standard InChI is InChI=1S/C21H21FN4O4/c1-2-29-11-12-30-20(28)15-5-9-17(10-6-15)23-21-24-19(27)18(25-26-21)13-14-3-7-16(22)8-4-14/h3-10H,2,11-13H2,1H3,(H2,23,24,26,27). The molecule has 0 aliphatic heterocycles. The Morgan fingerprint density at radius 3 is 2.47 bits per heavy atom. The number of ether oxygens (including phenoxy) is 2. The van der Waals surface area contributed by atoms with E-state index in [-0.39, 0.29) is 30.5 Å². The number of hydrogen-bond acceptors (Lipinski definition) is 7. The molecule has 3 rings (SSSR count). The summed E-state index contributed by atoms with van der Waals surface area (Å²) in [6.45, 7) is 2.97. The van der Waals surface area contributed by atoms with Crippen LogP contribution >= 0.6 is 0 Å². The maximum Gasteiger partial charge on any atom is 0.338 e. The first-order chi connectivity index (χ1) is 14.5. The molecular weight excluding hydrogens is 391 g/mol. The minimum absolute atomic E-state index is 0.162. The van der Waals surface area contributed by atoms with Crippen LogP contribution in [-0.2, 0) is 15.9 Å². The van der Waals surface area contributed by atoms with E-state index >= 15 is 0 Å². The highest BCUT2D eigenvalue weighted by Crippen LogP contribution is 2.14. The number of benzene rings is 2. The minimum atomic E-state index is -0.445. The van der Waals surface area contributed by atoms with Crippen molar-refractivity contribution in [1.82, 2.24) is 15.2 Å². The number of nitrogens with one attached hydrogen (secondary N) is 2. The van der Waals surface area contributed by atoms with Gasteiger partial charge in [0.2, 0.25) is 5.95 Å². The Morgan fingerprint density at radius 1 is 1.07 bits per heavy atom. The predicted molar refractivity (Wildman–Crippen MR) is 108 cm³/mol. The van der Waals surface area contributed by atoms with Crippen molar-refractivity contribution in [2.75, 3.05) is 25.1 Å². The average Bonchev–Trinajstić information content (AvgIpc) is 2.75. The number of aromatic amines is 1. The van der Waals surface area contributed by atoms with E-state index in [1.165, 1.54) is 12.1 Å². The first kappa shape index (κ1) is 21.1. The van der Waals surface area contributed by atoms with Crippen molar-refractivity contribution >= 4 is 17.6 Å². The van der Waals surface area contributed by atoms with E-state index in [1.807, 2.05) is 6.92 Å². The molecule has 0 amide bonds. The lowest BCUT2D eigenvalue weighted by Gasteiger charge is -2.07. The molecule has 30 heavy (non-hydrogen) atoms. The van der Waals surface area contributed by atoms with Crippen LogP contribution < -0.4 is 10.9 Å². The molecule has 2 N–H and O–H groups in total. The van der Waals surface area contributed by atoms with Crippen molar-refractivity contribution in [2.24, 2.45) is 0 Å². The van der Waals surface area contributed by atoms with Gasteiger partial charge in [0.25, 0.3) is 5.56 Å². The fourth-order valence-electron chi connectivity index (χ4n) is 2.58. The van der Waals surface area contributed by atoms with Crippen molar-refractivity contribution in [3.8, 4) is 0 Å². The van der Waals surface area contributed by atoms with Crippen LogP contribution in [0.15, 0.2) is 53.3 Å². The molecular formula is C21H21FN4O4. The van der Waals surface area contributed by atoms with Crippen molar-refractivity contribution in [2.45, 2.75) is 13.3 Å². The maximum atomic E-state index is 13.0. The molecule has 0 saturated heterocycles. The molecule has 0 unspecified atom stereocenters. The topological polar surface area (TPSA) is 106 Å². The van der Waals surface area contributed by atoms with Crippen LogP contribution in [0.4, 0.5) is 16.0 Å². The molecule has 0 bridgehead atoms. The van der Waals surface area contributed by atoms with Gasteiger partial charge >= 0.3 is 5.97 Å². The molecule has 1 aromatic heterocycles. The zero-order valence-electron chi connectivity index (χ0n) is 16.4. The SMILES string of the molecule is CCOCCOC(=O)c1ccc(Nc2nnc(Cc3ccc(F)cc3)c(=O)[nH]2)cc1. The highest BCUT2D eigenvalue weighted by Gasteiger charge is 2.09. The van der Waals surface area contributed by atoms with Crippen molar-refractivity contribution < 1.29 is 18.7 Å². The summed E-state index contributed by atoms with van der Waals surface area (Å²) in [5.41, 5.74) is 1.58. The summed E-state index contributed by atoms with van der Waals surface area (Å²) in [5, 5.41) is 10.8. The van der Waals surface area contributed by atoms with E-state index < -0.39 is 11.5 Å². The average molecular weight is 412 g/mol. The van der Waals surface area contributed by atoms with E-state index in [0.29, 0.717) is 24.5 Å². The molecule has 0 radical (unpaired) electrons. The third-order valence-electron chi connectivity index (χ3n) is 4.10. The lowest BCUT2D eigenvalue weighted by Crippen LogP contribution is -2.18. The Morgan fingerprint density at radius 2 is 1.80 bits per heavy atom. The first-order valence-corrected chi connectivity index (χ1v) is 9.37. The van der Waals surface area contributed by atoms with Gasteiger partial charge in [-0.2, -0.15) is 0 Å². The second-order valence-corrected chi connectivity index (χ2v) is 6.29. The number of hydrogen-bond donors (Lipinski definition) is 2. The molecule has 0 aliphatic carbocycles. The highest BCUT2D eigenvalue weighted by molar-refractivity contribution is 5.89. The molecule has 1 heterocycles. The van der Waals surface area contributed by atoms with Crippen LogP contribution in [0.3, 0.4) is 0 Å². The number of aromatic nitrogens is 3. The quantitative estimate of drug-likeness (QED) is 0.411. The van der Waals surface area contributed by atoms with Crippen LogP contribution in [0, 0.1) is 5.82 Å². The largest absolute Gasteiger partial charge is 0.460 e. The Kier molecular flexibility index (Phi) is 7.23. The zero-order chi connectivity index (χ0) is 21.3. The van der Waals surface area contributed by atoms with Crippen LogP contribution in [0.2, 0.25) is 0 Å². The number of anilines is 2. The van der Waals surface area contributed by atoms with E-state index in [1.54, 1.807) is 36.4 Å². The Labute approximate surface area is 172 Å². The van der Waals surface area contributed by atoms with Gasteiger partial charge in [-0.1, -0.05) is 12.1 Å². The van der Waals surface area contributed by atoms with Gasteiger partial charge in [-0.05, 0) is 48.9 Å². The van der Waals surface area contributed by atoms with E-state index in [0.717, 1.165) is 5.56 Å². The van der Waals surface area contributed by atoms with Crippen LogP contribution in [0.5, 0.6) is 0 Å². The van der Waals surface area contributed by atoms with Crippen molar-refractivity contribution in [3.05, 3.63) is 81.5 Å². The highest BCUT2D eigenvalue weighted by atomic mass is 19.1. The number of nitrogens with zero attached hydrogens (tertiary/aromatic N) is 2. The predicted octanol–water partition coefficient (Wildman–Crippen LogP) is 2.83. The third kappa shape index (κ3) is 5.95. The first-order valence-electron chi connectivity index (χ1n) is 9.37. The monoisotopic (exact) mass is 412 g/mol. The maximum absolute atomic E-state index is 13.0. The zero-order valence-corrected chi connectivity index (χ0v) is 16.4. The van der Waals surface area contributed by atoms with Gasteiger partial charge in [0.05, 0.1) is 12.2 Å². The third-order valence-corrected chi connectivity index (χ3v) is 4.10. The van der Waals surface area contributed by atoms with Gasteiger partial charge < -0.3 is 14.8 Å². The summed E-state index contributed by atoms with van der Waals surface area (Å²) in [6.07, 6.45) is 0.239. The van der Waals surface area contributed by atoms with Crippen molar-refractivity contribution in [1.29, 1.82) is 0 Å². The van der Waals surface area contributed by atoms with E-state index in [2.05, 4.69) is 20.5 Å². The number of halogens is 1. The molecule has 0 atom stereocenters. The fourth-order valence-corrected chi connectivity index (χ4v) is 2.58. The van der Waals surface area contributed by atoms with Gasteiger partial charge in [0, 0.05) is 18.7 Å². The summed E-state index contributed by atoms with van der Waals surface area (Å²) in [5.74, 6) is -0.627. The van der Waals surface area contributed by atoms with Gasteiger partial charge in [0.15, 0.2) is 0 Å². The molecule has 156 valence electrons. The second-order valence-electron chi connectivity index (χ2n) is 6.29. The van der Waals surface area contributed by atoms with Gasteiger partial charge in [-0.25, -0.2) is 9.18 Å². The number of carbonyl (C=O) groups is 1. The summed E-state index contributed by atoms with van der Waals surface area (Å²) in [7, 11) is 0. The lowest BCUT2D eigenvalue weighted by molar-refractivity contribution is 0.0335. The van der Waals surface area contributed by atoms with Crippen molar-refractivity contribution in [3.63, 3.8) is 0 Å².